The summed E-state index contributed by atoms with van der Waals surface area (Å²) >= 11 is 0. The van der Waals surface area contributed by atoms with Crippen LogP contribution in [0.25, 0.3) is 0 Å². The van der Waals surface area contributed by atoms with Crippen molar-refractivity contribution < 1.29 is 18.7 Å². The Morgan fingerprint density at radius 1 is 1.17 bits per heavy atom. The molecule has 6 heteroatoms. The fourth-order valence-electron chi connectivity index (χ4n) is 2.35. The van der Waals surface area contributed by atoms with Crippen molar-refractivity contribution in [3.05, 3.63) is 65.7 Å². The largest absolute Gasteiger partial charge is 0.386 e. The van der Waals surface area contributed by atoms with E-state index in [2.05, 4.69) is 5.32 Å². The number of carbonyl (C=O) groups excluding carboxylic acids is 1. The summed E-state index contributed by atoms with van der Waals surface area (Å²) in [7, 11) is 1.78. The number of para-hydroxylation sites is 1. The number of rotatable bonds is 6. The highest BCUT2D eigenvalue weighted by atomic mass is 19.2. The summed E-state index contributed by atoms with van der Waals surface area (Å²) < 4.78 is 26.2. The molecule has 0 saturated heterocycles. The molecule has 1 amide bonds. The first-order chi connectivity index (χ1) is 11.4. The Labute approximate surface area is 139 Å². The van der Waals surface area contributed by atoms with Crippen molar-refractivity contribution in [3.63, 3.8) is 0 Å². The van der Waals surface area contributed by atoms with Gasteiger partial charge in [-0.05, 0) is 36.8 Å². The van der Waals surface area contributed by atoms with Gasteiger partial charge in [-0.25, -0.2) is 8.78 Å². The fraction of sp³-hybridized carbons (Fsp3) is 0.278. The normalized spacial score (nSPS) is 13.2. The van der Waals surface area contributed by atoms with Gasteiger partial charge in [0, 0.05) is 12.7 Å². The lowest BCUT2D eigenvalue weighted by molar-refractivity contribution is -0.121. The van der Waals surface area contributed by atoms with E-state index in [1.165, 1.54) is 6.07 Å². The van der Waals surface area contributed by atoms with E-state index in [4.69, 9.17) is 0 Å². The number of hydrogen-bond acceptors (Lipinski definition) is 3. The van der Waals surface area contributed by atoms with Crippen LogP contribution < -0.4 is 10.2 Å². The van der Waals surface area contributed by atoms with E-state index in [0.29, 0.717) is 0 Å². The van der Waals surface area contributed by atoms with Crippen LogP contribution in [0, 0.1) is 11.6 Å². The highest BCUT2D eigenvalue weighted by Crippen LogP contribution is 2.19. The van der Waals surface area contributed by atoms with E-state index in [9.17, 15) is 18.7 Å². The fourth-order valence-corrected chi connectivity index (χ4v) is 2.35. The van der Waals surface area contributed by atoms with Gasteiger partial charge in [-0.3, -0.25) is 4.79 Å². The molecule has 0 bridgehead atoms. The molecule has 0 spiro atoms. The number of likely N-dealkylation sites (N-methyl/N-ethyl adjacent to an activating group) is 1. The number of carbonyl (C=O) groups is 1. The number of nitrogens with one attached hydrogen (secondary N) is 1. The highest BCUT2D eigenvalue weighted by molar-refractivity contribution is 5.81. The van der Waals surface area contributed by atoms with Crippen molar-refractivity contribution in [2.24, 2.45) is 0 Å². The van der Waals surface area contributed by atoms with E-state index < -0.39 is 23.8 Å². The zero-order valence-corrected chi connectivity index (χ0v) is 13.5. The number of halogens is 2. The predicted molar refractivity (Wildman–Crippen MR) is 88.6 cm³/mol. The van der Waals surface area contributed by atoms with Crippen molar-refractivity contribution in [3.8, 4) is 0 Å². The van der Waals surface area contributed by atoms with Gasteiger partial charge in [0.1, 0.15) is 0 Å². The second kappa shape index (κ2) is 7.88. The Morgan fingerprint density at radius 2 is 1.83 bits per heavy atom. The molecule has 0 aromatic heterocycles. The number of benzene rings is 2. The summed E-state index contributed by atoms with van der Waals surface area (Å²) in [6.45, 7) is 1.71. The van der Waals surface area contributed by atoms with Gasteiger partial charge < -0.3 is 15.3 Å². The maximum atomic E-state index is 13.2. The molecule has 0 radical (unpaired) electrons. The summed E-state index contributed by atoms with van der Waals surface area (Å²) in [6, 6.07) is 11.9. The molecule has 0 fully saturated rings. The minimum atomic E-state index is -1.13. The zero-order valence-electron chi connectivity index (χ0n) is 13.5. The monoisotopic (exact) mass is 334 g/mol. The van der Waals surface area contributed by atoms with Gasteiger partial charge in [0.2, 0.25) is 5.91 Å². The van der Waals surface area contributed by atoms with E-state index in [-0.39, 0.29) is 18.0 Å². The van der Waals surface area contributed by atoms with Crippen LogP contribution in [0.1, 0.15) is 18.6 Å². The molecule has 2 N–H and O–H groups in total. The Balaban J connectivity index is 1.94. The topological polar surface area (TPSA) is 52.6 Å². The lowest BCUT2D eigenvalue weighted by Gasteiger charge is -2.23. The Morgan fingerprint density at radius 3 is 2.46 bits per heavy atom. The molecule has 128 valence electrons. The first-order valence-electron chi connectivity index (χ1n) is 7.57. The van der Waals surface area contributed by atoms with Crippen LogP contribution in [0.2, 0.25) is 0 Å². The predicted octanol–water partition coefficient (Wildman–Crippen LogP) is 2.64. The Kier molecular flexibility index (Phi) is 5.87. The molecule has 0 heterocycles. The third-order valence-electron chi connectivity index (χ3n) is 3.73. The molecule has 2 atom stereocenters. The van der Waals surface area contributed by atoms with Crippen LogP contribution >= 0.6 is 0 Å². The maximum absolute atomic E-state index is 13.2. The van der Waals surface area contributed by atoms with Gasteiger partial charge in [-0.15, -0.1) is 0 Å². The van der Waals surface area contributed by atoms with Crippen LogP contribution in [-0.2, 0) is 4.79 Å². The molecular weight excluding hydrogens is 314 g/mol. The standard InChI is InChI=1S/C18H20F2N2O2/c1-12(18(24)13-8-9-15(19)16(20)10-13)21-17(23)11-22(2)14-6-4-3-5-7-14/h3-10,12,18,24H,11H2,1-2H3,(H,21,23). The number of hydrogen-bond donors (Lipinski definition) is 2. The van der Waals surface area contributed by atoms with Crippen LogP contribution in [-0.4, -0.2) is 30.6 Å². The van der Waals surface area contributed by atoms with Gasteiger partial charge in [0.25, 0.3) is 0 Å². The van der Waals surface area contributed by atoms with Gasteiger partial charge in [-0.1, -0.05) is 24.3 Å². The Bertz CT molecular complexity index is 695. The zero-order chi connectivity index (χ0) is 17.7. The van der Waals surface area contributed by atoms with Crippen LogP contribution in [0.5, 0.6) is 0 Å². The second-order valence-electron chi connectivity index (χ2n) is 5.67. The summed E-state index contributed by atoms with van der Waals surface area (Å²) in [6.07, 6.45) is -1.13. The second-order valence-corrected chi connectivity index (χ2v) is 5.67. The lowest BCUT2D eigenvalue weighted by Crippen LogP contribution is -2.42. The molecular formula is C18H20F2N2O2. The molecule has 4 nitrogen and oxygen atoms in total. The van der Waals surface area contributed by atoms with E-state index in [1.807, 2.05) is 30.3 Å². The molecule has 2 rings (SSSR count). The molecule has 2 aromatic carbocycles. The van der Waals surface area contributed by atoms with Crippen molar-refractivity contribution in [1.82, 2.24) is 5.32 Å². The Hall–Kier alpha value is -2.47. The minimum Gasteiger partial charge on any atom is -0.386 e. The average molecular weight is 334 g/mol. The van der Waals surface area contributed by atoms with Crippen molar-refractivity contribution in [2.75, 3.05) is 18.5 Å². The first kappa shape index (κ1) is 17.9. The van der Waals surface area contributed by atoms with E-state index in [1.54, 1.807) is 18.9 Å². The summed E-state index contributed by atoms with van der Waals surface area (Å²) in [5, 5.41) is 12.9. The van der Waals surface area contributed by atoms with E-state index >= 15 is 0 Å². The molecule has 0 aliphatic rings. The molecule has 0 saturated carbocycles. The minimum absolute atomic E-state index is 0.110. The van der Waals surface area contributed by atoms with Gasteiger partial charge >= 0.3 is 0 Å². The smallest absolute Gasteiger partial charge is 0.239 e. The molecule has 0 aliphatic heterocycles. The number of anilines is 1. The van der Waals surface area contributed by atoms with Crippen LogP contribution in [0.3, 0.4) is 0 Å². The summed E-state index contributed by atoms with van der Waals surface area (Å²) in [4.78, 5) is 13.9. The number of amides is 1. The van der Waals surface area contributed by atoms with E-state index in [0.717, 1.165) is 17.8 Å². The van der Waals surface area contributed by atoms with Crippen molar-refractivity contribution in [1.29, 1.82) is 0 Å². The third-order valence-corrected chi connectivity index (χ3v) is 3.73. The third kappa shape index (κ3) is 4.52. The van der Waals surface area contributed by atoms with Crippen molar-refractivity contribution in [2.45, 2.75) is 19.1 Å². The maximum Gasteiger partial charge on any atom is 0.239 e. The first-order valence-corrected chi connectivity index (χ1v) is 7.57. The molecule has 2 unspecified atom stereocenters. The summed E-state index contributed by atoms with van der Waals surface area (Å²) in [5.74, 6) is -2.29. The van der Waals surface area contributed by atoms with Crippen LogP contribution in [0.4, 0.5) is 14.5 Å². The van der Waals surface area contributed by atoms with Gasteiger partial charge in [0.15, 0.2) is 11.6 Å². The number of nitrogens with zero attached hydrogens (tertiary/aromatic N) is 1. The quantitative estimate of drug-likeness (QED) is 0.854. The number of aliphatic hydroxyl groups excluding tert-OH is 1. The highest BCUT2D eigenvalue weighted by Gasteiger charge is 2.20. The lowest BCUT2D eigenvalue weighted by atomic mass is 10.0. The van der Waals surface area contributed by atoms with Gasteiger partial charge in [-0.2, -0.15) is 0 Å². The summed E-state index contributed by atoms with van der Waals surface area (Å²) in [5.41, 5.74) is 1.10. The molecule has 0 aliphatic carbocycles. The van der Waals surface area contributed by atoms with Crippen molar-refractivity contribution >= 4 is 11.6 Å². The SMILES string of the molecule is CC(NC(=O)CN(C)c1ccccc1)C(O)c1ccc(F)c(F)c1. The van der Waals surface area contributed by atoms with Gasteiger partial charge in [0.05, 0.1) is 18.7 Å². The molecule has 2 aromatic rings. The molecule has 24 heavy (non-hydrogen) atoms. The average Bonchev–Trinajstić information content (AvgIpc) is 2.57. The number of aliphatic hydroxyl groups is 1. The van der Waals surface area contributed by atoms with Crippen LogP contribution in [0.15, 0.2) is 48.5 Å².